The van der Waals surface area contributed by atoms with Crippen LogP contribution in [0.5, 0.6) is 0 Å². The molecule has 0 radical (unpaired) electrons. The SMILES string of the molecule is CCOC(=O)c1c(-c2ccc(C)cc2)csc1NC(=O)CN(CC)CC(C)C#N. The van der Waals surface area contributed by atoms with Crippen molar-refractivity contribution in [1.29, 1.82) is 5.26 Å². The van der Waals surface area contributed by atoms with Crippen LogP contribution in [-0.4, -0.2) is 43.0 Å². The number of aryl methyl sites for hydroxylation is 1. The number of hydrogen-bond acceptors (Lipinski definition) is 6. The summed E-state index contributed by atoms with van der Waals surface area (Å²) in [4.78, 5) is 27.1. The van der Waals surface area contributed by atoms with E-state index in [0.717, 1.165) is 16.7 Å². The summed E-state index contributed by atoms with van der Waals surface area (Å²) in [5, 5.41) is 14.2. The van der Waals surface area contributed by atoms with E-state index in [0.29, 0.717) is 23.7 Å². The molecule has 1 amide bonds. The lowest BCUT2D eigenvalue weighted by Gasteiger charge is -2.20. The van der Waals surface area contributed by atoms with Gasteiger partial charge in [-0.25, -0.2) is 4.79 Å². The number of carbonyl (C=O) groups excluding carboxylic acids is 2. The van der Waals surface area contributed by atoms with Crippen molar-refractivity contribution < 1.29 is 14.3 Å². The predicted octanol–water partition coefficient (Wildman–Crippen LogP) is 4.32. The van der Waals surface area contributed by atoms with E-state index < -0.39 is 5.97 Å². The molecule has 7 heteroatoms. The second-order valence-electron chi connectivity index (χ2n) is 6.85. The van der Waals surface area contributed by atoms with Gasteiger partial charge in [-0.3, -0.25) is 9.69 Å². The van der Waals surface area contributed by atoms with Crippen molar-refractivity contribution in [2.24, 2.45) is 5.92 Å². The molecule has 0 saturated heterocycles. The molecule has 0 fully saturated rings. The Hall–Kier alpha value is -2.69. The second kappa shape index (κ2) is 10.7. The molecule has 1 heterocycles. The highest BCUT2D eigenvalue weighted by molar-refractivity contribution is 7.15. The smallest absolute Gasteiger partial charge is 0.341 e. The summed E-state index contributed by atoms with van der Waals surface area (Å²) in [5.41, 5.74) is 3.14. The van der Waals surface area contributed by atoms with Crippen LogP contribution in [0.25, 0.3) is 11.1 Å². The Labute approximate surface area is 176 Å². The summed E-state index contributed by atoms with van der Waals surface area (Å²) in [7, 11) is 0. The fraction of sp³-hybridized carbons (Fsp3) is 0.409. The molecule has 154 valence electrons. The van der Waals surface area contributed by atoms with Crippen molar-refractivity contribution in [3.63, 3.8) is 0 Å². The minimum atomic E-state index is -0.454. The lowest BCUT2D eigenvalue weighted by atomic mass is 10.0. The van der Waals surface area contributed by atoms with Gasteiger partial charge in [0.15, 0.2) is 0 Å². The first-order valence-electron chi connectivity index (χ1n) is 9.67. The van der Waals surface area contributed by atoms with Gasteiger partial charge < -0.3 is 10.1 Å². The molecule has 1 aromatic carbocycles. The van der Waals surface area contributed by atoms with Crippen molar-refractivity contribution in [2.45, 2.75) is 27.7 Å². The zero-order chi connectivity index (χ0) is 21.4. The van der Waals surface area contributed by atoms with Gasteiger partial charge in [0, 0.05) is 17.5 Å². The summed E-state index contributed by atoms with van der Waals surface area (Å²) >= 11 is 1.31. The standard InChI is InChI=1S/C22H27N3O3S/c1-5-25(12-16(4)11-23)13-19(26)24-21-20(22(27)28-6-2)18(14-29-21)17-9-7-15(3)8-10-17/h7-10,14,16H,5-6,12-13H2,1-4H3,(H,24,26). The molecule has 1 aromatic heterocycles. The number of nitrogens with one attached hydrogen (secondary N) is 1. The minimum Gasteiger partial charge on any atom is -0.462 e. The average Bonchev–Trinajstić information content (AvgIpc) is 3.11. The first-order valence-corrected chi connectivity index (χ1v) is 10.5. The summed E-state index contributed by atoms with van der Waals surface area (Å²) < 4.78 is 5.23. The Morgan fingerprint density at radius 2 is 1.97 bits per heavy atom. The largest absolute Gasteiger partial charge is 0.462 e. The van der Waals surface area contributed by atoms with Crippen LogP contribution in [0.3, 0.4) is 0 Å². The summed E-state index contributed by atoms with van der Waals surface area (Å²) in [6.45, 7) is 9.11. The van der Waals surface area contributed by atoms with Gasteiger partial charge >= 0.3 is 5.97 Å². The fourth-order valence-corrected chi connectivity index (χ4v) is 3.88. The molecule has 2 aromatic rings. The van der Waals surface area contributed by atoms with Gasteiger partial charge in [-0.15, -0.1) is 11.3 Å². The maximum absolute atomic E-state index is 12.6. The molecule has 0 bridgehead atoms. The second-order valence-corrected chi connectivity index (χ2v) is 7.73. The lowest BCUT2D eigenvalue weighted by Crippen LogP contribution is -2.35. The lowest BCUT2D eigenvalue weighted by molar-refractivity contribution is -0.117. The van der Waals surface area contributed by atoms with Crippen molar-refractivity contribution in [2.75, 3.05) is 31.6 Å². The maximum Gasteiger partial charge on any atom is 0.341 e. The van der Waals surface area contributed by atoms with E-state index in [4.69, 9.17) is 10.00 Å². The number of amides is 1. The van der Waals surface area contributed by atoms with Crippen LogP contribution in [0.4, 0.5) is 5.00 Å². The van der Waals surface area contributed by atoms with Crippen molar-refractivity contribution in [1.82, 2.24) is 4.90 Å². The van der Waals surface area contributed by atoms with E-state index in [1.165, 1.54) is 11.3 Å². The maximum atomic E-state index is 12.6. The Kier molecular flexibility index (Phi) is 8.37. The highest BCUT2D eigenvalue weighted by atomic mass is 32.1. The minimum absolute atomic E-state index is 0.155. The van der Waals surface area contributed by atoms with Gasteiger partial charge in [0.05, 0.1) is 25.1 Å². The summed E-state index contributed by atoms with van der Waals surface area (Å²) in [5.74, 6) is -0.836. The van der Waals surface area contributed by atoms with Crippen LogP contribution in [-0.2, 0) is 9.53 Å². The zero-order valence-corrected chi connectivity index (χ0v) is 18.1. The number of anilines is 1. The third kappa shape index (κ3) is 6.14. The average molecular weight is 414 g/mol. The molecule has 0 aliphatic heterocycles. The van der Waals surface area contributed by atoms with E-state index >= 15 is 0 Å². The molecule has 0 aliphatic carbocycles. The number of thiophene rings is 1. The number of nitrogens with zero attached hydrogens (tertiary/aromatic N) is 2. The van der Waals surface area contributed by atoms with E-state index in [1.807, 2.05) is 55.3 Å². The molecule has 0 spiro atoms. The Morgan fingerprint density at radius 3 is 2.55 bits per heavy atom. The Morgan fingerprint density at radius 1 is 1.28 bits per heavy atom. The number of carbonyl (C=O) groups is 2. The molecular formula is C22H27N3O3S. The van der Waals surface area contributed by atoms with Gasteiger partial charge in [-0.2, -0.15) is 5.26 Å². The Balaban J connectivity index is 2.25. The third-order valence-corrected chi connectivity index (χ3v) is 5.35. The van der Waals surface area contributed by atoms with Crippen molar-refractivity contribution in [3.8, 4) is 17.2 Å². The van der Waals surface area contributed by atoms with Crippen molar-refractivity contribution in [3.05, 3.63) is 40.8 Å². The molecule has 1 unspecified atom stereocenters. The van der Waals surface area contributed by atoms with Crippen LogP contribution in [0.15, 0.2) is 29.6 Å². The molecule has 1 atom stereocenters. The van der Waals surface area contributed by atoms with E-state index in [1.54, 1.807) is 6.92 Å². The van der Waals surface area contributed by atoms with Crippen LogP contribution in [0.2, 0.25) is 0 Å². The topological polar surface area (TPSA) is 82.4 Å². The monoisotopic (exact) mass is 413 g/mol. The van der Waals surface area contributed by atoms with E-state index in [2.05, 4.69) is 11.4 Å². The van der Waals surface area contributed by atoms with Crippen LogP contribution < -0.4 is 5.32 Å². The van der Waals surface area contributed by atoms with Gasteiger partial charge in [-0.1, -0.05) is 36.8 Å². The first kappa shape index (κ1) is 22.6. The number of benzene rings is 1. The van der Waals surface area contributed by atoms with Gasteiger partial charge in [0.2, 0.25) is 5.91 Å². The van der Waals surface area contributed by atoms with E-state index in [9.17, 15) is 9.59 Å². The molecule has 2 rings (SSSR count). The molecule has 0 aliphatic rings. The number of esters is 1. The molecule has 6 nitrogen and oxygen atoms in total. The summed E-state index contributed by atoms with van der Waals surface area (Å²) in [6.07, 6.45) is 0. The van der Waals surface area contributed by atoms with Gasteiger partial charge in [-0.05, 0) is 32.9 Å². The number of likely N-dealkylation sites (N-methyl/N-ethyl adjacent to an activating group) is 1. The van der Waals surface area contributed by atoms with Crippen molar-refractivity contribution >= 4 is 28.2 Å². The van der Waals surface area contributed by atoms with Crippen LogP contribution in [0.1, 0.15) is 36.7 Å². The number of hydrogen-bond donors (Lipinski definition) is 1. The quantitative estimate of drug-likeness (QED) is 0.619. The van der Waals surface area contributed by atoms with Gasteiger partial charge in [0.1, 0.15) is 10.6 Å². The molecule has 0 saturated carbocycles. The Bertz CT molecular complexity index is 884. The number of ether oxygens (including phenoxy) is 1. The predicted molar refractivity (Wildman–Crippen MR) is 116 cm³/mol. The zero-order valence-electron chi connectivity index (χ0n) is 17.3. The van der Waals surface area contributed by atoms with Crippen LogP contribution in [0, 0.1) is 24.2 Å². The number of rotatable bonds is 9. The third-order valence-electron chi connectivity index (χ3n) is 4.45. The van der Waals surface area contributed by atoms with Gasteiger partial charge in [0.25, 0.3) is 0 Å². The molecule has 29 heavy (non-hydrogen) atoms. The molecule has 1 N–H and O–H groups in total. The van der Waals surface area contributed by atoms with Crippen LogP contribution >= 0.6 is 11.3 Å². The number of nitriles is 1. The highest BCUT2D eigenvalue weighted by Gasteiger charge is 2.23. The van der Waals surface area contributed by atoms with E-state index in [-0.39, 0.29) is 25.0 Å². The fourth-order valence-electron chi connectivity index (χ4n) is 2.90. The summed E-state index contributed by atoms with van der Waals surface area (Å²) in [6, 6.07) is 10.1. The first-order chi connectivity index (χ1) is 13.9. The highest BCUT2D eigenvalue weighted by Crippen LogP contribution is 2.36. The molecular weight excluding hydrogens is 386 g/mol. The normalized spacial score (nSPS) is 11.7.